The monoisotopic (exact) mass is 396 g/mol. The number of rotatable bonds is 3. The van der Waals surface area contributed by atoms with Gasteiger partial charge in [0, 0.05) is 17.6 Å². The Morgan fingerprint density at radius 2 is 1.91 bits per heavy atom. The van der Waals surface area contributed by atoms with E-state index in [-0.39, 0.29) is 10.5 Å². The van der Waals surface area contributed by atoms with Gasteiger partial charge >= 0.3 is 5.76 Å². The molecule has 0 unspecified atom stereocenters. The van der Waals surface area contributed by atoms with Gasteiger partial charge in [-0.3, -0.25) is 9.29 Å². The molecule has 0 aliphatic rings. The Morgan fingerprint density at radius 3 is 2.61 bits per heavy atom. The number of sulfonamides is 1. The van der Waals surface area contributed by atoms with Crippen molar-refractivity contribution in [2.75, 3.05) is 4.72 Å². The summed E-state index contributed by atoms with van der Waals surface area (Å²) in [6.45, 7) is 1.87. The molecule has 1 aromatic heterocycles. The Hall–Kier alpha value is -2.06. The van der Waals surface area contributed by atoms with Gasteiger partial charge in [0.25, 0.3) is 10.0 Å². The average Bonchev–Trinajstić information content (AvgIpc) is 2.72. The summed E-state index contributed by atoms with van der Waals surface area (Å²) >= 11 is 3.33. The molecule has 6 nitrogen and oxygen atoms in total. The van der Waals surface area contributed by atoms with E-state index in [0.29, 0.717) is 11.2 Å². The summed E-state index contributed by atoms with van der Waals surface area (Å²) in [5.41, 5.74) is 2.13. The summed E-state index contributed by atoms with van der Waals surface area (Å²) in [6.07, 6.45) is 0. The fourth-order valence-corrected chi connectivity index (χ4v) is 3.95. The van der Waals surface area contributed by atoms with Crippen LogP contribution in [0.2, 0.25) is 0 Å². The summed E-state index contributed by atoms with van der Waals surface area (Å²) in [6, 6.07) is 9.59. The number of nitrogens with one attached hydrogen (secondary N) is 1. The number of aryl methyl sites for hydroxylation is 2. The molecule has 23 heavy (non-hydrogen) atoms. The first-order chi connectivity index (χ1) is 10.8. The van der Waals surface area contributed by atoms with Gasteiger partial charge in [0.2, 0.25) is 0 Å². The lowest BCUT2D eigenvalue weighted by Crippen LogP contribution is -2.13. The first-order valence-corrected chi connectivity index (χ1v) is 8.93. The first-order valence-electron chi connectivity index (χ1n) is 6.66. The van der Waals surface area contributed by atoms with Crippen molar-refractivity contribution >= 4 is 42.7 Å². The second kappa shape index (κ2) is 5.54. The first kappa shape index (κ1) is 15.8. The minimum Gasteiger partial charge on any atom is -0.408 e. The number of oxazole rings is 1. The number of nitrogens with zero attached hydrogens (tertiary/aromatic N) is 1. The minimum absolute atomic E-state index is 0.0250. The number of anilines is 1. The molecule has 3 aromatic rings. The number of aromatic nitrogens is 1. The molecule has 0 saturated carbocycles. The second-order valence-corrected chi connectivity index (χ2v) is 7.78. The van der Waals surface area contributed by atoms with Crippen LogP contribution in [0.25, 0.3) is 11.1 Å². The van der Waals surface area contributed by atoms with E-state index in [0.717, 1.165) is 10.0 Å². The fourth-order valence-electron chi connectivity index (χ4n) is 2.29. The van der Waals surface area contributed by atoms with Crippen LogP contribution in [0.15, 0.2) is 55.0 Å². The number of hydrogen-bond donors (Lipinski definition) is 1. The van der Waals surface area contributed by atoms with Gasteiger partial charge in [-0.25, -0.2) is 13.2 Å². The van der Waals surface area contributed by atoms with Gasteiger partial charge in [-0.15, -0.1) is 0 Å². The molecule has 1 heterocycles. The van der Waals surface area contributed by atoms with Gasteiger partial charge in [0.05, 0.1) is 16.1 Å². The minimum atomic E-state index is -3.78. The van der Waals surface area contributed by atoms with Gasteiger partial charge in [-0.2, -0.15) is 0 Å². The van der Waals surface area contributed by atoms with Crippen molar-refractivity contribution in [1.82, 2.24) is 4.57 Å². The number of fused-ring (bicyclic) bond motifs is 1. The Bertz CT molecular complexity index is 1050. The highest BCUT2D eigenvalue weighted by atomic mass is 79.9. The third-order valence-corrected chi connectivity index (χ3v) is 5.21. The highest BCUT2D eigenvalue weighted by molar-refractivity contribution is 9.10. The molecule has 0 amide bonds. The van der Waals surface area contributed by atoms with E-state index in [9.17, 15) is 13.2 Å². The zero-order valence-electron chi connectivity index (χ0n) is 12.3. The average molecular weight is 397 g/mol. The molecule has 0 bridgehead atoms. The maximum Gasteiger partial charge on any atom is 0.419 e. The molecule has 0 saturated heterocycles. The van der Waals surface area contributed by atoms with Crippen molar-refractivity contribution in [3.63, 3.8) is 0 Å². The van der Waals surface area contributed by atoms with Crippen LogP contribution in [-0.4, -0.2) is 13.0 Å². The number of halogens is 1. The van der Waals surface area contributed by atoms with Crippen molar-refractivity contribution < 1.29 is 12.8 Å². The standard InChI is InChI=1S/C15H13BrN2O4S/c1-9-5-10(16)7-11(6-9)17-23(20,21)12-3-4-13-14(8-12)22-15(19)18(13)2/h3-8,17H,1-2H3. The molecule has 120 valence electrons. The maximum absolute atomic E-state index is 12.5. The molecule has 0 aliphatic heterocycles. The third-order valence-electron chi connectivity index (χ3n) is 3.37. The largest absolute Gasteiger partial charge is 0.419 e. The topological polar surface area (TPSA) is 81.3 Å². The van der Waals surface area contributed by atoms with Crippen molar-refractivity contribution in [3.05, 3.63) is 57.0 Å². The molecule has 0 fully saturated rings. The van der Waals surface area contributed by atoms with Crippen molar-refractivity contribution in [2.45, 2.75) is 11.8 Å². The van der Waals surface area contributed by atoms with Crippen LogP contribution in [0.5, 0.6) is 0 Å². The summed E-state index contributed by atoms with van der Waals surface area (Å²) in [5.74, 6) is -0.537. The lowest BCUT2D eigenvalue weighted by atomic mass is 10.2. The second-order valence-electron chi connectivity index (χ2n) is 5.18. The molecule has 2 aromatic carbocycles. The molecule has 0 aliphatic carbocycles. The van der Waals surface area contributed by atoms with Gasteiger partial charge in [-0.05, 0) is 42.8 Å². The van der Waals surface area contributed by atoms with E-state index >= 15 is 0 Å². The Morgan fingerprint density at radius 1 is 1.17 bits per heavy atom. The predicted octanol–water partition coefficient (Wildman–Crippen LogP) is 3.00. The SMILES string of the molecule is Cc1cc(Br)cc(NS(=O)(=O)c2ccc3c(c2)oc(=O)n3C)c1. The Kier molecular flexibility index (Phi) is 3.81. The van der Waals surface area contributed by atoms with Crippen molar-refractivity contribution in [3.8, 4) is 0 Å². The molecule has 0 spiro atoms. The van der Waals surface area contributed by atoms with E-state index in [1.807, 2.05) is 13.0 Å². The van der Waals surface area contributed by atoms with Crippen LogP contribution >= 0.6 is 15.9 Å². The zero-order valence-corrected chi connectivity index (χ0v) is 14.7. The van der Waals surface area contributed by atoms with Crippen LogP contribution in [0.1, 0.15) is 5.56 Å². The van der Waals surface area contributed by atoms with Gasteiger partial charge in [-0.1, -0.05) is 15.9 Å². The van der Waals surface area contributed by atoms with Crippen LogP contribution < -0.4 is 10.5 Å². The highest BCUT2D eigenvalue weighted by Gasteiger charge is 2.17. The highest BCUT2D eigenvalue weighted by Crippen LogP contribution is 2.24. The normalized spacial score (nSPS) is 11.8. The lowest BCUT2D eigenvalue weighted by molar-refractivity contribution is 0.527. The predicted molar refractivity (Wildman–Crippen MR) is 91.1 cm³/mol. The molecule has 3 rings (SSSR count). The molecule has 0 radical (unpaired) electrons. The number of benzene rings is 2. The van der Waals surface area contributed by atoms with Gasteiger partial charge in [0.1, 0.15) is 0 Å². The van der Waals surface area contributed by atoms with Crippen molar-refractivity contribution in [1.29, 1.82) is 0 Å². The van der Waals surface area contributed by atoms with Crippen LogP contribution in [0.3, 0.4) is 0 Å². The number of hydrogen-bond acceptors (Lipinski definition) is 4. The maximum atomic E-state index is 12.5. The molecular formula is C15H13BrN2O4S. The van der Waals surface area contributed by atoms with E-state index in [1.54, 1.807) is 25.2 Å². The summed E-state index contributed by atoms with van der Waals surface area (Å²) < 4.78 is 34.7. The molecule has 8 heteroatoms. The van der Waals surface area contributed by atoms with E-state index < -0.39 is 15.8 Å². The Labute approximate surface area is 140 Å². The van der Waals surface area contributed by atoms with E-state index in [2.05, 4.69) is 20.7 Å². The van der Waals surface area contributed by atoms with Crippen LogP contribution in [-0.2, 0) is 17.1 Å². The Balaban J connectivity index is 2.03. The zero-order chi connectivity index (χ0) is 16.8. The summed E-state index contributed by atoms with van der Waals surface area (Å²) in [5, 5.41) is 0. The van der Waals surface area contributed by atoms with Crippen LogP contribution in [0.4, 0.5) is 5.69 Å². The smallest absolute Gasteiger partial charge is 0.408 e. The molecular weight excluding hydrogens is 384 g/mol. The molecule has 0 atom stereocenters. The third kappa shape index (κ3) is 3.04. The van der Waals surface area contributed by atoms with Gasteiger partial charge in [0.15, 0.2) is 5.58 Å². The quantitative estimate of drug-likeness (QED) is 0.737. The van der Waals surface area contributed by atoms with Gasteiger partial charge < -0.3 is 4.42 Å². The lowest BCUT2D eigenvalue weighted by Gasteiger charge is -2.09. The van der Waals surface area contributed by atoms with Crippen molar-refractivity contribution in [2.24, 2.45) is 7.05 Å². The summed E-state index contributed by atoms with van der Waals surface area (Å²) in [4.78, 5) is 11.5. The molecule has 1 N–H and O–H groups in total. The van der Waals surface area contributed by atoms with Crippen LogP contribution in [0, 0.1) is 6.92 Å². The fraction of sp³-hybridized carbons (Fsp3) is 0.133. The van der Waals surface area contributed by atoms with E-state index in [1.165, 1.54) is 16.7 Å². The van der Waals surface area contributed by atoms with E-state index in [4.69, 9.17) is 4.42 Å². The summed E-state index contributed by atoms with van der Waals surface area (Å²) in [7, 11) is -2.22.